The summed E-state index contributed by atoms with van der Waals surface area (Å²) in [5, 5.41) is 11.0. The van der Waals surface area contributed by atoms with Crippen LogP contribution in [0.3, 0.4) is 0 Å². The Balaban J connectivity index is 2.05. The number of nitrogens with zero attached hydrogens (tertiary/aromatic N) is 3. The van der Waals surface area contributed by atoms with E-state index >= 15 is 0 Å². The summed E-state index contributed by atoms with van der Waals surface area (Å²) in [7, 11) is 1.86. The van der Waals surface area contributed by atoms with Crippen molar-refractivity contribution in [1.29, 1.82) is 0 Å². The predicted molar refractivity (Wildman–Crippen MR) is 83.7 cm³/mol. The molecule has 2 aromatic heterocycles. The Morgan fingerprint density at radius 3 is 2.77 bits per heavy atom. The minimum atomic E-state index is -0.0987. The molecule has 2 rings (SSSR count). The van der Waals surface area contributed by atoms with E-state index in [9.17, 15) is 9.59 Å². The van der Waals surface area contributed by atoms with E-state index in [0.29, 0.717) is 11.4 Å². The number of carbonyl (C=O) groups excluding carboxylic acids is 2. The van der Waals surface area contributed by atoms with Crippen LogP contribution in [0.5, 0.6) is 0 Å². The molecule has 0 saturated heterocycles. The molecular formula is C15H19N3O3S. The molecule has 0 atom stereocenters. The van der Waals surface area contributed by atoms with E-state index in [2.05, 4.69) is 4.98 Å². The highest BCUT2D eigenvalue weighted by Crippen LogP contribution is 2.17. The molecule has 0 unspecified atom stereocenters. The number of hydrogen-bond donors (Lipinski definition) is 1. The van der Waals surface area contributed by atoms with Gasteiger partial charge in [0.1, 0.15) is 5.82 Å². The number of hydrogen-bond acceptors (Lipinski definition) is 5. The van der Waals surface area contributed by atoms with Crippen molar-refractivity contribution in [2.45, 2.75) is 19.9 Å². The Kier molecular flexibility index (Phi) is 5.46. The maximum Gasteiger partial charge on any atom is 0.227 e. The quantitative estimate of drug-likeness (QED) is 0.779. The van der Waals surface area contributed by atoms with Gasteiger partial charge in [-0.1, -0.05) is 0 Å². The lowest BCUT2D eigenvalue weighted by Gasteiger charge is -2.21. The average molecular weight is 321 g/mol. The monoisotopic (exact) mass is 321 g/mol. The molecule has 0 aliphatic rings. The van der Waals surface area contributed by atoms with Crippen LogP contribution in [0.15, 0.2) is 23.8 Å². The lowest BCUT2D eigenvalue weighted by molar-refractivity contribution is -0.131. The fourth-order valence-electron chi connectivity index (χ4n) is 2.07. The highest BCUT2D eigenvalue weighted by Gasteiger charge is 2.17. The molecule has 0 bridgehead atoms. The average Bonchev–Trinajstić information content (AvgIpc) is 3.08. The Bertz CT molecular complexity index is 663. The second-order valence-electron chi connectivity index (χ2n) is 5.05. The number of aromatic nitrogens is 2. The van der Waals surface area contributed by atoms with Gasteiger partial charge in [-0.3, -0.25) is 9.59 Å². The summed E-state index contributed by atoms with van der Waals surface area (Å²) in [5.74, 6) is 0.672. The van der Waals surface area contributed by atoms with Gasteiger partial charge in [0.2, 0.25) is 5.91 Å². The number of imidazole rings is 1. The minimum absolute atomic E-state index is 0.00363. The Labute approximate surface area is 133 Å². The molecule has 0 radical (unpaired) electrons. The van der Waals surface area contributed by atoms with Crippen LogP contribution >= 0.6 is 11.3 Å². The molecule has 0 aromatic carbocycles. The summed E-state index contributed by atoms with van der Waals surface area (Å²) in [6, 6.07) is 1.75. The van der Waals surface area contributed by atoms with Crippen LogP contribution in [0.25, 0.3) is 0 Å². The van der Waals surface area contributed by atoms with Gasteiger partial charge in [-0.05, 0) is 23.9 Å². The number of Topliss-reactive ketones (excluding diaryl/α,β-unsaturated/α-hetero) is 1. The third-order valence-corrected chi connectivity index (χ3v) is 4.41. The van der Waals surface area contributed by atoms with Gasteiger partial charge in [-0.25, -0.2) is 4.98 Å². The smallest absolute Gasteiger partial charge is 0.227 e. The van der Waals surface area contributed by atoms with E-state index in [1.54, 1.807) is 17.2 Å². The third-order valence-electron chi connectivity index (χ3n) is 3.33. The number of aryl methyl sites for hydroxylation is 1. The van der Waals surface area contributed by atoms with Crippen molar-refractivity contribution in [2.24, 2.45) is 7.05 Å². The molecule has 0 spiro atoms. The van der Waals surface area contributed by atoms with E-state index in [-0.39, 0.29) is 31.3 Å². The molecule has 0 aliphatic carbocycles. The van der Waals surface area contributed by atoms with Crippen molar-refractivity contribution in [3.05, 3.63) is 40.1 Å². The summed E-state index contributed by atoms with van der Waals surface area (Å²) in [5.41, 5.74) is 0.822. The summed E-state index contributed by atoms with van der Waals surface area (Å²) < 4.78 is 1.84. The van der Waals surface area contributed by atoms with Crippen LogP contribution in [-0.2, 0) is 24.8 Å². The first-order valence-electron chi connectivity index (χ1n) is 6.94. The SMILES string of the molecule is CC(=O)c1cc(CC(=O)N(CCO)Cc2nccn2C)cs1. The lowest BCUT2D eigenvalue weighted by atomic mass is 10.2. The van der Waals surface area contributed by atoms with Crippen molar-refractivity contribution in [2.75, 3.05) is 13.2 Å². The standard InChI is InChI=1S/C15H19N3O3S/c1-11(20)13-7-12(10-22-13)8-15(21)18(5-6-19)9-14-16-3-4-17(14)2/h3-4,7,10,19H,5-6,8-9H2,1-2H3. The van der Waals surface area contributed by atoms with Crippen molar-refractivity contribution in [1.82, 2.24) is 14.5 Å². The third kappa shape index (κ3) is 4.02. The van der Waals surface area contributed by atoms with Gasteiger partial charge < -0.3 is 14.6 Å². The molecule has 118 valence electrons. The van der Waals surface area contributed by atoms with Gasteiger partial charge >= 0.3 is 0 Å². The second-order valence-corrected chi connectivity index (χ2v) is 5.96. The van der Waals surface area contributed by atoms with Gasteiger partial charge in [0.15, 0.2) is 5.78 Å². The van der Waals surface area contributed by atoms with Crippen LogP contribution in [-0.4, -0.2) is 44.4 Å². The first-order chi connectivity index (χ1) is 10.5. The van der Waals surface area contributed by atoms with E-state index in [1.165, 1.54) is 18.3 Å². The van der Waals surface area contributed by atoms with Crippen molar-refractivity contribution in [3.8, 4) is 0 Å². The van der Waals surface area contributed by atoms with Gasteiger partial charge in [0, 0.05) is 26.0 Å². The number of ketones is 1. The summed E-state index contributed by atoms with van der Waals surface area (Å²) in [6.07, 6.45) is 3.71. The Morgan fingerprint density at radius 2 is 2.23 bits per heavy atom. The second kappa shape index (κ2) is 7.33. The van der Waals surface area contributed by atoms with Gasteiger partial charge in [-0.15, -0.1) is 11.3 Å². The predicted octanol–water partition coefficient (Wildman–Crippen LogP) is 1.25. The maximum absolute atomic E-state index is 12.4. The number of amides is 1. The van der Waals surface area contributed by atoms with Gasteiger partial charge in [-0.2, -0.15) is 0 Å². The zero-order chi connectivity index (χ0) is 16.1. The van der Waals surface area contributed by atoms with E-state index in [4.69, 9.17) is 5.11 Å². The van der Waals surface area contributed by atoms with Crippen molar-refractivity contribution >= 4 is 23.0 Å². The fraction of sp³-hybridized carbons (Fsp3) is 0.400. The highest BCUT2D eigenvalue weighted by molar-refractivity contribution is 7.12. The number of aliphatic hydroxyl groups is 1. The Morgan fingerprint density at radius 1 is 1.45 bits per heavy atom. The van der Waals surface area contributed by atoms with E-state index in [1.807, 2.05) is 23.2 Å². The van der Waals surface area contributed by atoms with Crippen LogP contribution in [0.4, 0.5) is 0 Å². The Hall–Kier alpha value is -1.99. The largest absolute Gasteiger partial charge is 0.395 e. The zero-order valence-electron chi connectivity index (χ0n) is 12.7. The molecule has 0 fully saturated rings. The molecule has 2 heterocycles. The van der Waals surface area contributed by atoms with E-state index in [0.717, 1.165) is 11.4 Å². The summed E-state index contributed by atoms with van der Waals surface area (Å²) in [4.78, 5) is 30.1. The van der Waals surface area contributed by atoms with Gasteiger partial charge in [0.05, 0.1) is 24.4 Å². The lowest BCUT2D eigenvalue weighted by Crippen LogP contribution is -2.35. The summed E-state index contributed by atoms with van der Waals surface area (Å²) >= 11 is 1.35. The highest BCUT2D eigenvalue weighted by atomic mass is 32.1. The molecule has 1 amide bonds. The molecule has 2 aromatic rings. The zero-order valence-corrected chi connectivity index (χ0v) is 13.5. The normalized spacial score (nSPS) is 10.7. The molecule has 0 saturated carbocycles. The van der Waals surface area contributed by atoms with E-state index < -0.39 is 0 Å². The number of carbonyl (C=O) groups is 2. The van der Waals surface area contributed by atoms with Crippen molar-refractivity contribution < 1.29 is 14.7 Å². The number of thiophene rings is 1. The van der Waals surface area contributed by atoms with Crippen LogP contribution < -0.4 is 0 Å². The molecule has 7 heteroatoms. The fourth-order valence-corrected chi connectivity index (χ4v) is 2.89. The molecular weight excluding hydrogens is 302 g/mol. The van der Waals surface area contributed by atoms with Crippen LogP contribution in [0, 0.1) is 0 Å². The van der Waals surface area contributed by atoms with Crippen LogP contribution in [0.1, 0.15) is 28.0 Å². The molecule has 0 aliphatic heterocycles. The molecule has 6 nitrogen and oxygen atoms in total. The molecule has 1 N–H and O–H groups in total. The molecule has 22 heavy (non-hydrogen) atoms. The van der Waals surface area contributed by atoms with Crippen LogP contribution in [0.2, 0.25) is 0 Å². The first kappa shape index (κ1) is 16.4. The number of rotatable bonds is 7. The van der Waals surface area contributed by atoms with Gasteiger partial charge in [0.25, 0.3) is 0 Å². The maximum atomic E-state index is 12.4. The first-order valence-corrected chi connectivity index (χ1v) is 7.82. The minimum Gasteiger partial charge on any atom is -0.395 e. The summed E-state index contributed by atoms with van der Waals surface area (Å²) in [6.45, 7) is 2.02. The number of aliphatic hydroxyl groups excluding tert-OH is 1. The topological polar surface area (TPSA) is 75.4 Å². The van der Waals surface area contributed by atoms with Crippen molar-refractivity contribution in [3.63, 3.8) is 0 Å².